The van der Waals surface area contributed by atoms with E-state index in [9.17, 15) is 4.79 Å². The van der Waals surface area contributed by atoms with Crippen LogP contribution >= 0.6 is 0 Å². The monoisotopic (exact) mass is 362 g/mol. The number of carbonyl (C=O) groups is 1. The van der Waals surface area contributed by atoms with Gasteiger partial charge in [-0.3, -0.25) is 4.79 Å². The predicted molar refractivity (Wildman–Crippen MR) is 109 cm³/mol. The molecule has 26 heavy (non-hydrogen) atoms. The predicted octanol–water partition coefficient (Wildman–Crippen LogP) is 5.88. The Bertz CT molecular complexity index is 594. The highest BCUT2D eigenvalue weighted by Gasteiger charge is 2.27. The maximum absolute atomic E-state index is 12.5. The van der Waals surface area contributed by atoms with E-state index < -0.39 is 0 Å². The fourth-order valence-corrected chi connectivity index (χ4v) is 3.35. The van der Waals surface area contributed by atoms with Gasteiger partial charge in [0.2, 0.25) is 0 Å². The first-order valence-corrected chi connectivity index (χ1v) is 9.89. The van der Waals surface area contributed by atoms with Gasteiger partial charge in [-0.1, -0.05) is 60.6 Å². The van der Waals surface area contributed by atoms with Crippen molar-refractivity contribution in [2.24, 2.45) is 11.8 Å². The summed E-state index contributed by atoms with van der Waals surface area (Å²) in [5.74, 6) is 1.53. The lowest BCUT2D eigenvalue weighted by Crippen LogP contribution is -2.23. The number of hydrogen-bond donors (Lipinski definition) is 0. The number of carbonyl (C=O) groups excluding carboxylic acids is 1. The van der Waals surface area contributed by atoms with Gasteiger partial charge in [-0.25, -0.2) is 0 Å². The number of rotatable bonds is 8. The molecule has 0 aromatic heterocycles. The summed E-state index contributed by atoms with van der Waals surface area (Å²) in [4.78, 5) is 12.5. The van der Waals surface area contributed by atoms with E-state index in [0.29, 0.717) is 24.9 Å². The van der Waals surface area contributed by atoms with E-state index in [-0.39, 0.29) is 17.3 Å². The van der Waals surface area contributed by atoms with Crippen LogP contribution in [0.3, 0.4) is 0 Å². The Morgan fingerprint density at radius 3 is 2.15 bits per heavy atom. The zero-order valence-electron chi connectivity index (χ0n) is 18.2. The minimum Gasteiger partial charge on any atom is -0.496 e. The van der Waals surface area contributed by atoms with Crippen LogP contribution in [0.5, 0.6) is 5.75 Å². The minimum absolute atomic E-state index is 0.0253. The molecule has 1 aromatic carbocycles. The van der Waals surface area contributed by atoms with Crippen molar-refractivity contribution >= 4 is 5.97 Å². The summed E-state index contributed by atoms with van der Waals surface area (Å²) in [6.07, 6.45) is 1.47. The molecule has 0 bridgehead atoms. The highest BCUT2D eigenvalue weighted by molar-refractivity contribution is 5.73. The molecule has 148 valence electrons. The Morgan fingerprint density at radius 1 is 1.12 bits per heavy atom. The molecule has 0 radical (unpaired) electrons. The van der Waals surface area contributed by atoms with Crippen LogP contribution in [-0.2, 0) is 21.4 Å². The van der Waals surface area contributed by atoms with Gasteiger partial charge in [0.15, 0.2) is 0 Å². The van der Waals surface area contributed by atoms with E-state index in [1.165, 1.54) is 11.1 Å². The maximum atomic E-state index is 12.5. The molecule has 3 nitrogen and oxygen atoms in total. The lowest BCUT2D eigenvalue weighted by Gasteiger charge is -2.27. The van der Waals surface area contributed by atoms with E-state index in [1.54, 1.807) is 7.11 Å². The Balaban J connectivity index is 3.42. The molecule has 0 N–H and O–H groups in total. The maximum Gasteiger partial charge on any atom is 0.309 e. The Morgan fingerprint density at radius 2 is 1.73 bits per heavy atom. The first-order chi connectivity index (χ1) is 12.0. The number of benzene rings is 1. The number of hydrogen-bond acceptors (Lipinski definition) is 3. The molecule has 1 rings (SSSR count). The molecule has 1 atom stereocenters. The summed E-state index contributed by atoms with van der Waals surface area (Å²) in [6, 6.07) is 4.47. The molecule has 0 fully saturated rings. The molecule has 0 saturated carbocycles. The van der Waals surface area contributed by atoms with E-state index in [2.05, 4.69) is 60.6 Å². The lowest BCUT2D eigenvalue weighted by atomic mass is 9.80. The van der Waals surface area contributed by atoms with Gasteiger partial charge in [-0.15, -0.1) is 0 Å². The van der Waals surface area contributed by atoms with Crippen LogP contribution in [0, 0.1) is 11.8 Å². The molecular formula is C23H38O3. The van der Waals surface area contributed by atoms with Gasteiger partial charge >= 0.3 is 5.97 Å². The van der Waals surface area contributed by atoms with Crippen molar-refractivity contribution in [1.29, 1.82) is 0 Å². The van der Waals surface area contributed by atoms with Gasteiger partial charge < -0.3 is 9.47 Å². The second-order valence-electron chi connectivity index (χ2n) is 8.95. The van der Waals surface area contributed by atoms with E-state index in [1.807, 2.05) is 6.92 Å². The highest BCUT2D eigenvalue weighted by Crippen LogP contribution is 2.38. The summed E-state index contributed by atoms with van der Waals surface area (Å²) >= 11 is 0. The molecule has 0 aliphatic heterocycles. The number of methoxy groups -OCH3 is 1. The van der Waals surface area contributed by atoms with Crippen LogP contribution in [0.2, 0.25) is 0 Å². The van der Waals surface area contributed by atoms with Crippen LogP contribution < -0.4 is 4.74 Å². The van der Waals surface area contributed by atoms with Crippen molar-refractivity contribution in [3.63, 3.8) is 0 Å². The number of esters is 1. The van der Waals surface area contributed by atoms with Crippen LogP contribution in [0.1, 0.15) is 84.4 Å². The van der Waals surface area contributed by atoms with Crippen molar-refractivity contribution in [2.45, 2.75) is 79.6 Å². The summed E-state index contributed by atoms with van der Waals surface area (Å²) in [6.45, 7) is 17.6. The third kappa shape index (κ3) is 6.03. The zero-order chi connectivity index (χ0) is 20.1. The first kappa shape index (κ1) is 22.5. The van der Waals surface area contributed by atoms with Crippen LogP contribution in [0.15, 0.2) is 12.1 Å². The van der Waals surface area contributed by atoms with Crippen molar-refractivity contribution in [1.82, 2.24) is 0 Å². The van der Waals surface area contributed by atoms with E-state index >= 15 is 0 Å². The average Bonchev–Trinajstić information content (AvgIpc) is 2.52. The Hall–Kier alpha value is -1.51. The second kappa shape index (κ2) is 9.43. The van der Waals surface area contributed by atoms with Crippen LogP contribution in [0.25, 0.3) is 0 Å². The molecule has 0 amide bonds. The molecular weight excluding hydrogens is 324 g/mol. The van der Waals surface area contributed by atoms with Gasteiger partial charge in [0.25, 0.3) is 0 Å². The fraction of sp³-hybridized carbons (Fsp3) is 0.696. The molecule has 3 heteroatoms. The van der Waals surface area contributed by atoms with Gasteiger partial charge in [0.1, 0.15) is 5.75 Å². The standard InChI is InChI=1S/C23H38O3/c1-10-26-22(24)19(11-15(2)3)13-18-12-17(16(4)5)14-20(21(18)25-9)23(6,7)8/h12,14-16,19H,10-11,13H2,1-9H3. The summed E-state index contributed by atoms with van der Waals surface area (Å²) in [5, 5.41) is 0. The van der Waals surface area contributed by atoms with E-state index in [4.69, 9.17) is 9.47 Å². The summed E-state index contributed by atoms with van der Waals surface area (Å²) in [5.41, 5.74) is 3.58. The largest absolute Gasteiger partial charge is 0.496 e. The van der Waals surface area contributed by atoms with Gasteiger partial charge in [0, 0.05) is 5.56 Å². The molecule has 0 spiro atoms. The topological polar surface area (TPSA) is 35.5 Å². The minimum atomic E-state index is -0.140. The fourth-order valence-electron chi connectivity index (χ4n) is 3.35. The third-order valence-corrected chi connectivity index (χ3v) is 4.71. The van der Waals surface area contributed by atoms with Gasteiger partial charge in [-0.05, 0) is 48.1 Å². The zero-order valence-corrected chi connectivity index (χ0v) is 18.2. The lowest BCUT2D eigenvalue weighted by molar-refractivity contribution is -0.148. The van der Waals surface area contributed by atoms with Gasteiger partial charge in [-0.2, -0.15) is 0 Å². The number of ether oxygens (including phenoxy) is 2. The Labute approximate surface area is 160 Å². The van der Waals surface area contributed by atoms with E-state index in [0.717, 1.165) is 17.7 Å². The Kier molecular flexibility index (Phi) is 8.17. The summed E-state index contributed by atoms with van der Waals surface area (Å²) < 4.78 is 11.2. The second-order valence-corrected chi connectivity index (χ2v) is 8.95. The molecule has 0 aliphatic rings. The van der Waals surface area contributed by atoms with Crippen LogP contribution in [0.4, 0.5) is 0 Å². The van der Waals surface area contributed by atoms with Gasteiger partial charge in [0.05, 0.1) is 19.6 Å². The molecule has 0 aliphatic carbocycles. The summed E-state index contributed by atoms with van der Waals surface area (Å²) in [7, 11) is 1.73. The van der Waals surface area contributed by atoms with Crippen molar-refractivity contribution in [3.05, 3.63) is 28.8 Å². The quantitative estimate of drug-likeness (QED) is 0.541. The SMILES string of the molecule is CCOC(=O)C(Cc1cc(C(C)C)cc(C(C)(C)C)c1OC)CC(C)C. The van der Waals surface area contributed by atoms with Crippen LogP contribution in [-0.4, -0.2) is 19.7 Å². The van der Waals surface area contributed by atoms with Crippen molar-refractivity contribution in [3.8, 4) is 5.75 Å². The first-order valence-electron chi connectivity index (χ1n) is 9.89. The van der Waals surface area contributed by atoms with Crippen molar-refractivity contribution < 1.29 is 14.3 Å². The molecule has 0 saturated heterocycles. The molecule has 0 heterocycles. The smallest absolute Gasteiger partial charge is 0.309 e. The molecule has 1 unspecified atom stereocenters. The third-order valence-electron chi connectivity index (χ3n) is 4.71. The highest BCUT2D eigenvalue weighted by atomic mass is 16.5. The molecule has 1 aromatic rings. The van der Waals surface area contributed by atoms with Crippen molar-refractivity contribution in [2.75, 3.05) is 13.7 Å². The average molecular weight is 363 g/mol. The normalized spacial score (nSPS) is 13.2.